The van der Waals surface area contributed by atoms with E-state index in [1.54, 1.807) is 53.4 Å². The molecule has 1 aromatic heterocycles. The number of carbonyl (C=O) groups is 2. The maximum Gasteiger partial charge on any atom is 0.255 e. The molecule has 8 nitrogen and oxygen atoms in total. The third kappa shape index (κ3) is 5.26. The van der Waals surface area contributed by atoms with Gasteiger partial charge in [0.25, 0.3) is 5.91 Å². The first-order valence-corrected chi connectivity index (χ1v) is 13.0. The molecule has 0 spiro atoms. The maximum atomic E-state index is 12.8. The van der Waals surface area contributed by atoms with Crippen LogP contribution in [0.2, 0.25) is 10.0 Å². The number of hydrogen-bond donors (Lipinski definition) is 2. The fourth-order valence-electron chi connectivity index (χ4n) is 4.38. The lowest BCUT2D eigenvalue weighted by Gasteiger charge is -2.18. The zero-order chi connectivity index (χ0) is 27.7. The molecule has 1 aliphatic rings. The van der Waals surface area contributed by atoms with Crippen LogP contribution in [0.3, 0.4) is 0 Å². The van der Waals surface area contributed by atoms with Crippen LogP contribution in [0.1, 0.15) is 36.7 Å². The molecular formula is C29H25Cl2N5O3. The third-order valence-electron chi connectivity index (χ3n) is 6.48. The van der Waals surface area contributed by atoms with Crippen molar-refractivity contribution >= 4 is 58.0 Å². The predicted octanol–water partition coefficient (Wildman–Crippen LogP) is 7.22. The number of rotatable bonds is 7. The highest BCUT2D eigenvalue weighted by molar-refractivity contribution is 6.34. The smallest absolute Gasteiger partial charge is 0.255 e. The Kier molecular flexibility index (Phi) is 7.16. The molecule has 4 aromatic rings. The van der Waals surface area contributed by atoms with Crippen molar-refractivity contribution in [2.45, 2.75) is 26.2 Å². The van der Waals surface area contributed by atoms with Gasteiger partial charge in [0.15, 0.2) is 0 Å². The quantitative estimate of drug-likeness (QED) is 0.247. The zero-order valence-corrected chi connectivity index (χ0v) is 23.0. The van der Waals surface area contributed by atoms with E-state index in [0.29, 0.717) is 28.6 Å². The number of fused-ring (bicyclic) bond motifs is 1. The summed E-state index contributed by atoms with van der Waals surface area (Å²) in [6, 6.07) is 19.3. The number of hydrogen-bond acceptors (Lipinski definition) is 6. The van der Waals surface area contributed by atoms with Crippen LogP contribution in [0.4, 0.5) is 23.0 Å². The van der Waals surface area contributed by atoms with E-state index in [4.69, 9.17) is 27.9 Å². The molecule has 0 radical (unpaired) electrons. The highest BCUT2D eigenvalue weighted by atomic mass is 35.5. The fraction of sp³-hybridized carbons (Fsp3) is 0.172. The van der Waals surface area contributed by atoms with Gasteiger partial charge in [-0.15, -0.1) is 0 Å². The minimum absolute atomic E-state index is 0.0722. The van der Waals surface area contributed by atoms with Crippen LogP contribution in [0.25, 0.3) is 0 Å². The second kappa shape index (κ2) is 10.6. The van der Waals surface area contributed by atoms with Crippen molar-refractivity contribution in [1.82, 2.24) is 9.97 Å². The Labute approximate surface area is 235 Å². The van der Waals surface area contributed by atoms with Gasteiger partial charge in [0.05, 0.1) is 22.3 Å². The summed E-state index contributed by atoms with van der Waals surface area (Å²) >= 11 is 12.4. The van der Waals surface area contributed by atoms with Crippen molar-refractivity contribution in [3.05, 3.63) is 94.1 Å². The van der Waals surface area contributed by atoms with Crippen molar-refractivity contribution in [1.29, 1.82) is 0 Å². The van der Waals surface area contributed by atoms with E-state index < -0.39 is 5.41 Å². The number of nitrogens with one attached hydrogen (secondary N) is 2. The largest absolute Gasteiger partial charge is 0.437 e. The zero-order valence-electron chi connectivity index (χ0n) is 21.5. The lowest BCUT2D eigenvalue weighted by molar-refractivity contribution is -0.122. The van der Waals surface area contributed by atoms with Gasteiger partial charge in [0.1, 0.15) is 10.8 Å². The molecule has 39 heavy (non-hydrogen) atoms. The Morgan fingerprint density at radius 2 is 1.77 bits per heavy atom. The molecule has 0 fully saturated rings. The molecule has 0 bridgehead atoms. The second-order valence-electron chi connectivity index (χ2n) is 9.44. The molecule has 0 saturated carbocycles. The van der Waals surface area contributed by atoms with E-state index in [1.165, 1.54) is 6.20 Å². The number of amides is 2. The van der Waals surface area contributed by atoms with Gasteiger partial charge in [0, 0.05) is 23.5 Å². The number of halogens is 2. The summed E-state index contributed by atoms with van der Waals surface area (Å²) in [5.74, 6) is 0.634. The average molecular weight is 562 g/mol. The Balaban J connectivity index is 1.30. The molecular weight excluding hydrogens is 537 g/mol. The standard InChI is InChI=1S/C29H25Cl2N5O3/c1-4-36-24-14-11-18(15-20(24)29(2,3)27(36)38)33-28-32-16-22(31)26(35-28)39-19-12-9-17(10-13-19)25(37)34-23-8-6-5-7-21(23)30/h5-16H,4H2,1-3H3,(H,34,37)(H,32,33,35). The number of likely N-dealkylation sites (N-methyl/N-ethyl adjacent to an activating group) is 1. The summed E-state index contributed by atoms with van der Waals surface area (Å²) in [4.78, 5) is 35.9. The van der Waals surface area contributed by atoms with Gasteiger partial charge in [-0.25, -0.2) is 4.98 Å². The van der Waals surface area contributed by atoms with E-state index in [-0.39, 0.29) is 28.7 Å². The topological polar surface area (TPSA) is 96.5 Å². The minimum atomic E-state index is -0.630. The van der Waals surface area contributed by atoms with Gasteiger partial charge in [-0.3, -0.25) is 9.59 Å². The van der Waals surface area contributed by atoms with Gasteiger partial charge in [-0.1, -0.05) is 35.3 Å². The van der Waals surface area contributed by atoms with Crippen molar-refractivity contribution in [2.24, 2.45) is 0 Å². The van der Waals surface area contributed by atoms with Crippen LogP contribution < -0.4 is 20.3 Å². The first-order valence-electron chi connectivity index (χ1n) is 12.3. The van der Waals surface area contributed by atoms with E-state index in [1.807, 2.05) is 39.0 Å². The van der Waals surface area contributed by atoms with E-state index in [0.717, 1.165) is 16.9 Å². The van der Waals surface area contributed by atoms with E-state index in [9.17, 15) is 9.59 Å². The number of aromatic nitrogens is 2. The summed E-state index contributed by atoms with van der Waals surface area (Å²) in [5.41, 5.74) is 2.90. The molecule has 5 rings (SSSR count). The van der Waals surface area contributed by atoms with Gasteiger partial charge in [0.2, 0.25) is 17.7 Å². The molecule has 3 aromatic carbocycles. The maximum absolute atomic E-state index is 12.8. The third-order valence-corrected chi connectivity index (χ3v) is 7.07. The SMILES string of the molecule is CCN1C(=O)C(C)(C)c2cc(Nc3ncc(Cl)c(Oc4ccc(C(=O)Nc5ccccc5Cl)cc4)n3)ccc21. The average Bonchev–Trinajstić information content (AvgIpc) is 3.12. The molecule has 198 valence electrons. The summed E-state index contributed by atoms with van der Waals surface area (Å²) in [5, 5.41) is 6.63. The number of anilines is 4. The summed E-state index contributed by atoms with van der Waals surface area (Å²) in [7, 11) is 0. The highest BCUT2D eigenvalue weighted by Gasteiger charge is 2.43. The molecule has 0 aliphatic carbocycles. The predicted molar refractivity (Wildman–Crippen MR) is 154 cm³/mol. The molecule has 2 heterocycles. The fourth-order valence-corrected chi connectivity index (χ4v) is 4.69. The Hall–Kier alpha value is -4.14. The minimum Gasteiger partial charge on any atom is -0.437 e. The number of ether oxygens (including phenoxy) is 1. The molecule has 0 atom stereocenters. The summed E-state index contributed by atoms with van der Waals surface area (Å²) in [6.07, 6.45) is 1.44. The van der Waals surface area contributed by atoms with Crippen LogP contribution in [0.5, 0.6) is 11.6 Å². The number of carbonyl (C=O) groups excluding carboxylic acids is 2. The Morgan fingerprint density at radius 1 is 1.03 bits per heavy atom. The summed E-state index contributed by atoms with van der Waals surface area (Å²) in [6.45, 7) is 6.41. The number of para-hydroxylation sites is 1. The van der Waals surface area contributed by atoms with E-state index >= 15 is 0 Å². The van der Waals surface area contributed by atoms with Gasteiger partial charge >= 0.3 is 0 Å². The molecule has 0 unspecified atom stereocenters. The van der Waals surface area contributed by atoms with Crippen molar-refractivity contribution < 1.29 is 14.3 Å². The van der Waals surface area contributed by atoms with Crippen LogP contribution in [-0.4, -0.2) is 28.3 Å². The first-order chi connectivity index (χ1) is 18.7. The molecule has 10 heteroatoms. The van der Waals surface area contributed by atoms with Gasteiger partial charge in [-0.05, 0) is 80.9 Å². The van der Waals surface area contributed by atoms with Crippen molar-refractivity contribution in [3.8, 4) is 11.6 Å². The number of benzene rings is 3. The second-order valence-corrected chi connectivity index (χ2v) is 10.3. The van der Waals surface area contributed by atoms with Crippen molar-refractivity contribution in [2.75, 3.05) is 22.1 Å². The Bertz CT molecular complexity index is 1570. The van der Waals surface area contributed by atoms with Crippen LogP contribution in [-0.2, 0) is 10.2 Å². The van der Waals surface area contributed by atoms with Crippen LogP contribution >= 0.6 is 23.2 Å². The molecule has 2 amide bonds. The van der Waals surface area contributed by atoms with Gasteiger partial charge in [-0.2, -0.15) is 4.98 Å². The van der Waals surface area contributed by atoms with Crippen LogP contribution in [0.15, 0.2) is 72.9 Å². The molecule has 0 saturated heterocycles. The summed E-state index contributed by atoms with van der Waals surface area (Å²) < 4.78 is 5.88. The van der Waals surface area contributed by atoms with Gasteiger partial charge < -0.3 is 20.3 Å². The highest BCUT2D eigenvalue weighted by Crippen LogP contribution is 2.43. The first kappa shape index (κ1) is 26.5. The lowest BCUT2D eigenvalue weighted by atomic mass is 9.86. The van der Waals surface area contributed by atoms with Crippen LogP contribution in [0, 0.1) is 0 Å². The molecule has 2 N–H and O–H groups in total. The normalized spacial score (nSPS) is 13.7. The van der Waals surface area contributed by atoms with E-state index in [2.05, 4.69) is 20.6 Å². The Morgan fingerprint density at radius 3 is 2.49 bits per heavy atom. The van der Waals surface area contributed by atoms with Crippen molar-refractivity contribution in [3.63, 3.8) is 0 Å². The monoisotopic (exact) mass is 561 g/mol. The molecule has 1 aliphatic heterocycles. The number of nitrogens with zero attached hydrogens (tertiary/aromatic N) is 3. The lowest BCUT2D eigenvalue weighted by Crippen LogP contribution is -2.35.